The van der Waals surface area contributed by atoms with Gasteiger partial charge in [0.1, 0.15) is 0 Å². The number of hydrogen-bond donors (Lipinski definition) is 2. The predicted octanol–water partition coefficient (Wildman–Crippen LogP) is 1.45. The molecule has 1 aromatic rings. The van der Waals surface area contributed by atoms with E-state index >= 15 is 0 Å². The average molecular weight is 297 g/mol. The Labute approximate surface area is 121 Å². The fraction of sp³-hybridized carbons (Fsp3) is 0.429. The minimum absolute atomic E-state index is 0.0483. The van der Waals surface area contributed by atoms with Gasteiger partial charge in [0.15, 0.2) is 0 Å². The third-order valence-corrected chi connectivity index (χ3v) is 2.77. The summed E-state index contributed by atoms with van der Waals surface area (Å²) in [6.07, 6.45) is -2.45. The number of nitrogens with zero attached hydrogens (tertiary/aromatic N) is 2. The number of nitriles is 1. The Morgan fingerprint density at radius 1 is 1.33 bits per heavy atom. The van der Waals surface area contributed by atoms with Crippen LogP contribution in [0.4, 0.5) is 14.5 Å². The Bertz CT molecular complexity index is 486. The lowest BCUT2D eigenvalue weighted by Gasteiger charge is -2.20. The lowest BCUT2D eigenvalue weighted by molar-refractivity contribution is -0.116. The van der Waals surface area contributed by atoms with Gasteiger partial charge in [-0.1, -0.05) is 0 Å². The van der Waals surface area contributed by atoms with Crippen LogP contribution in [0.1, 0.15) is 12.0 Å². The summed E-state index contributed by atoms with van der Waals surface area (Å²) in [7, 11) is 0. The van der Waals surface area contributed by atoms with E-state index in [0.29, 0.717) is 11.3 Å². The number of rotatable bonds is 8. The Morgan fingerprint density at radius 2 is 2.00 bits per heavy atom. The lowest BCUT2D eigenvalue weighted by atomic mass is 10.2. The lowest BCUT2D eigenvalue weighted by Crippen LogP contribution is -2.34. The zero-order valence-electron chi connectivity index (χ0n) is 11.4. The Kier molecular flexibility index (Phi) is 7.29. The predicted molar refractivity (Wildman–Crippen MR) is 73.9 cm³/mol. The maximum Gasteiger partial charge on any atom is 0.251 e. The molecule has 1 rings (SSSR count). The van der Waals surface area contributed by atoms with E-state index in [4.69, 9.17) is 10.4 Å². The number of alkyl halides is 2. The first-order valence-electron chi connectivity index (χ1n) is 6.46. The fourth-order valence-corrected chi connectivity index (χ4v) is 1.74. The van der Waals surface area contributed by atoms with Gasteiger partial charge in [0.25, 0.3) is 6.43 Å². The largest absolute Gasteiger partial charge is 0.395 e. The van der Waals surface area contributed by atoms with Gasteiger partial charge in [-0.15, -0.1) is 0 Å². The molecular weight excluding hydrogens is 280 g/mol. The van der Waals surface area contributed by atoms with Crippen LogP contribution in [0.25, 0.3) is 0 Å². The number of aliphatic hydroxyl groups excluding tert-OH is 1. The molecule has 0 fully saturated rings. The summed E-state index contributed by atoms with van der Waals surface area (Å²) in [5.41, 5.74) is 1.03. The van der Waals surface area contributed by atoms with Crippen molar-refractivity contribution in [2.24, 2.45) is 0 Å². The highest BCUT2D eigenvalue weighted by Gasteiger charge is 2.13. The first-order chi connectivity index (χ1) is 10.0. The number of anilines is 1. The maximum absolute atomic E-state index is 12.3. The van der Waals surface area contributed by atoms with E-state index in [2.05, 4.69) is 5.32 Å². The number of nitrogens with one attached hydrogen (secondary N) is 1. The number of halogens is 2. The average Bonchev–Trinajstić information content (AvgIpc) is 2.45. The summed E-state index contributed by atoms with van der Waals surface area (Å²) in [5.74, 6) is -0.308. The standard InChI is InChI=1S/C14H17F2N3O2/c15-13(16)10-19(7-8-20)6-5-14(21)18-12-3-1-11(9-17)2-4-12/h1-4,13,20H,5-8,10H2,(H,18,21). The van der Waals surface area contributed by atoms with Crippen molar-refractivity contribution in [1.29, 1.82) is 5.26 Å². The second-order valence-electron chi connectivity index (χ2n) is 4.40. The molecule has 0 heterocycles. The number of carbonyl (C=O) groups is 1. The van der Waals surface area contributed by atoms with Gasteiger partial charge < -0.3 is 10.4 Å². The monoisotopic (exact) mass is 297 g/mol. The minimum atomic E-state index is -2.50. The van der Waals surface area contributed by atoms with Gasteiger partial charge in [-0.3, -0.25) is 9.69 Å². The molecule has 0 aliphatic carbocycles. The summed E-state index contributed by atoms with van der Waals surface area (Å²) in [6, 6.07) is 8.31. The highest BCUT2D eigenvalue weighted by atomic mass is 19.3. The topological polar surface area (TPSA) is 76.4 Å². The van der Waals surface area contributed by atoms with Crippen molar-refractivity contribution in [3.05, 3.63) is 29.8 Å². The maximum atomic E-state index is 12.3. The highest BCUT2D eigenvalue weighted by Crippen LogP contribution is 2.09. The van der Waals surface area contributed by atoms with Gasteiger partial charge in [-0.05, 0) is 24.3 Å². The van der Waals surface area contributed by atoms with Gasteiger partial charge in [0.2, 0.25) is 5.91 Å². The normalized spacial score (nSPS) is 10.7. The van der Waals surface area contributed by atoms with E-state index in [1.165, 1.54) is 4.90 Å². The van der Waals surface area contributed by atoms with E-state index in [1.807, 2.05) is 6.07 Å². The molecule has 0 unspecified atom stereocenters. The van der Waals surface area contributed by atoms with E-state index in [1.54, 1.807) is 24.3 Å². The van der Waals surface area contributed by atoms with Crippen LogP contribution in [-0.4, -0.2) is 48.6 Å². The molecule has 0 aliphatic rings. The molecule has 0 radical (unpaired) electrons. The smallest absolute Gasteiger partial charge is 0.251 e. The quantitative estimate of drug-likeness (QED) is 0.761. The van der Waals surface area contributed by atoms with Crippen molar-refractivity contribution in [3.8, 4) is 6.07 Å². The van der Waals surface area contributed by atoms with Crippen LogP contribution in [0.2, 0.25) is 0 Å². The summed E-state index contributed by atoms with van der Waals surface area (Å²) < 4.78 is 24.6. The number of hydrogen-bond acceptors (Lipinski definition) is 4. The molecule has 1 aromatic carbocycles. The number of benzene rings is 1. The van der Waals surface area contributed by atoms with Crippen LogP contribution in [0.15, 0.2) is 24.3 Å². The van der Waals surface area contributed by atoms with E-state index in [-0.39, 0.29) is 32.0 Å². The molecule has 2 N–H and O–H groups in total. The zero-order chi connectivity index (χ0) is 15.7. The third-order valence-electron chi connectivity index (χ3n) is 2.77. The fourth-order valence-electron chi connectivity index (χ4n) is 1.74. The zero-order valence-corrected chi connectivity index (χ0v) is 11.4. The molecule has 21 heavy (non-hydrogen) atoms. The van der Waals surface area contributed by atoms with Gasteiger partial charge in [-0.2, -0.15) is 5.26 Å². The van der Waals surface area contributed by atoms with Crippen LogP contribution in [0.5, 0.6) is 0 Å². The van der Waals surface area contributed by atoms with E-state index in [9.17, 15) is 13.6 Å². The minimum Gasteiger partial charge on any atom is -0.395 e. The van der Waals surface area contributed by atoms with Gasteiger partial charge in [0, 0.05) is 25.2 Å². The SMILES string of the molecule is N#Cc1ccc(NC(=O)CCN(CCO)CC(F)F)cc1. The summed E-state index contributed by atoms with van der Waals surface area (Å²) in [4.78, 5) is 13.0. The Balaban J connectivity index is 2.42. The third kappa shape index (κ3) is 6.79. The number of amides is 1. The first-order valence-corrected chi connectivity index (χ1v) is 6.46. The van der Waals surface area contributed by atoms with Crippen LogP contribution in [0.3, 0.4) is 0 Å². The summed E-state index contributed by atoms with van der Waals surface area (Å²) in [5, 5.41) is 20.1. The van der Waals surface area contributed by atoms with Crippen LogP contribution >= 0.6 is 0 Å². The number of carbonyl (C=O) groups excluding carboxylic acids is 1. The van der Waals surface area contributed by atoms with Gasteiger partial charge in [0.05, 0.1) is 24.8 Å². The molecule has 5 nitrogen and oxygen atoms in total. The molecular formula is C14H17F2N3O2. The van der Waals surface area contributed by atoms with Gasteiger partial charge >= 0.3 is 0 Å². The second-order valence-corrected chi connectivity index (χ2v) is 4.40. The molecule has 0 saturated carbocycles. The second kappa shape index (κ2) is 9.00. The van der Waals surface area contributed by atoms with Crippen molar-refractivity contribution in [2.75, 3.05) is 31.6 Å². The summed E-state index contributed by atoms with van der Waals surface area (Å²) in [6.45, 7) is -0.448. The van der Waals surface area contributed by atoms with E-state index in [0.717, 1.165) is 0 Å². The molecule has 1 amide bonds. The Morgan fingerprint density at radius 3 is 2.52 bits per heavy atom. The van der Waals surface area contributed by atoms with Crippen molar-refractivity contribution >= 4 is 11.6 Å². The number of aliphatic hydroxyl groups is 1. The molecule has 0 saturated heterocycles. The highest BCUT2D eigenvalue weighted by molar-refractivity contribution is 5.90. The van der Waals surface area contributed by atoms with E-state index < -0.39 is 13.0 Å². The van der Waals surface area contributed by atoms with Crippen LogP contribution < -0.4 is 5.32 Å². The van der Waals surface area contributed by atoms with Crippen molar-refractivity contribution in [2.45, 2.75) is 12.8 Å². The first kappa shape index (κ1) is 17.0. The Hall–Kier alpha value is -2.04. The van der Waals surface area contributed by atoms with Crippen molar-refractivity contribution < 1.29 is 18.7 Å². The summed E-state index contributed by atoms with van der Waals surface area (Å²) >= 11 is 0. The molecule has 0 spiro atoms. The molecule has 114 valence electrons. The van der Waals surface area contributed by atoms with Crippen molar-refractivity contribution in [3.63, 3.8) is 0 Å². The molecule has 7 heteroatoms. The van der Waals surface area contributed by atoms with Gasteiger partial charge in [-0.25, -0.2) is 8.78 Å². The van der Waals surface area contributed by atoms with Crippen LogP contribution in [0, 0.1) is 11.3 Å². The molecule has 0 aromatic heterocycles. The molecule has 0 aliphatic heterocycles. The van der Waals surface area contributed by atoms with Crippen molar-refractivity contribution in [1.82, 2.24) is 4.90 Å². The van der Waals surface area contributed by atoms with Crippen LogP contribution in [-0.2, 0) is 4.79 Å². The molecule has 0 atom stereocenters. The molecule has 0 bridgehead atoms.